The van der Waals surface area contributed by atoms with Gasteiger partial charge in [0.15, 0.2) is 0 Å². The summed E-state index contributed by atoms with van der Waals surface area (Å²) < 4.78 is 5.04. The molecule has 0 saturated carbocycles. The normalized spacial score (nSPS) is 25.0. The van der Waals surface area contributed by atoms with E-state index in [9.17, 15) is 4.79 Å². The van der Waals surface area contributed by atoms with Gasteiger partial charge in [-0.25, -0.2) is 4.79 Å². The molecule has 1 amide bonds. The fourth-order valence-electron chi connectivity index (χ4n) is 2.09. The van der Waals surface area contributed by atoms with Crippen LogP contribution in [0.2, 0.25) is 0 Å². The van der Waals surface area contributed by atoms with Crippen molar-refractivity contribution >= 4 is 6.09 Å². The Morgan fingerprint density at radius 2 is 2.12 bits per heavy atom. The lowest BCUT2D eigenvalue weighted by molar-refractivity contribution is 0.0755. The van der Waals surface area contributed by atoms with Gasteiger partial charge in [0.25, 0.3) is 0 Å². The van der Waals surface area contributed by atoms with E-state index in [2.05, 4.69) is 17.4 Å². The van der Waals surface area contributed by atoms with E-state index in [1.54, 1.807) is 0 Å². The molecule has 1 fully saturated rings. The molecule has 0 aromatic heterocycles. The number of benzene rings is 1. The van der Waals surface area contributed by atoms with Crippen LogP contribution in [0.25, 0.3) is 0 Å². The quantitative estimate of drug-likeness (QED) is 0.795. The van der Waals surface area contributed by atoms with Crippen LogP contribution in [0.5, 0.6) is 0 Å². The Labute approximate surface area is 94.8 Å². The number of nitrogens with one attached hydrogen (secondary N) is 1. The van der Waals surface area contributed by atoms with E-state index in [1.165, 1.54) is 5.56 Å². The first-order chi connectivity index (χ1) is 7.75. The van der Waals surface area contributed by atoms with Crippen LogP contribution >= 0.6 is 0 Å². The molecular weight excluding hydrogens is 204 g/mol. The zero-order valence-electron chi connectivity index (χ0n) is 9.06. The number of nitrogens with two attached hydrogens (primary N) is 1. The van der Waals surface area contributed by atoms with E-state index in [1.807, 2.05) is 18.2 Å². The fraction of sp³-hybridized carbons (Fsp3) is 0.417. The third-order valence-corrected chi connectivity index (χ3v) is 2.84. The molecule has 4 heteroatoms. The highest BCUT2D eigenvalue weighted by Crippen LogP contribution is 2.24. The van der Waals surface area contributed by atoms with Crippen LogP contribution in [0, 0.1) is 0 Å². The summed E-state index contributed by atoms with van der Waals surface area (Å²) in [5.74, 6) is 0. The van der Waals surface area contributed by atoms with Gasteiger partial charge in [-0.3, -0.25) is 0 Å². The van der Waals surface area contributed by atoms with Crippen LogP contribution in [0.4, 0.5) is 4.79 Å². The van der Waals surface area contributed by atoms with E-state index in [4.69, 9.17) is 10.5 Å². The molecule has 16 heavy (non-hydrogen) atoms. The molecule has 2 rings (SSSR count). The molecule has 2 atom stereocenters. The Morgan fingerprint density at radius 1 is 1.38 bits per heavy atom. The van der Waals surface area contributed by atoms with Gasteiger partial charge in [0, 0.05) is 12.5 Å². The monoisotopic (exact) mass is 220 g/mol. The lowest BCUT2D eigenvalue weighted by Gasteiger charge is -2.29. The molecule has 0 bridgehead atoms. The van der Waals surface area contributed by atoms with Gasteiger partial charge in [-0.15, -0.1) is 0 Å². The molecule has 1 aromatic carbocycles. The smallest absolute Gasteiger partial charge is 0.404 e. The highest BCUT2D eigenvalue weighted by atomic mass is 16.6. The van der Waals surface area contributed by atoms with Gasteiger partial charge < -0.3 is 15.8 Å². The van der Waals surface area contributed by atoms with Gasteiger partial charge in [-0.2, -0.15) is 0 Å². The van der Waals surface area contributed by atoms with Crippen molar-refractivity contribution in [2.24, 2.45) is 5.73 Å². The van der Waals surface area contributed by atoms with Crippen molar-refractivity contribution in [2.45, 2.75) is 25.0 Å². The number of carbonyl (C=O) groups is 1. The first-order valence-electron chi connectivity index (χ1n) is 5.50. The van der Waals surface area contributed by atoms with Crippen LogP contribution < -0.4 is 11.1 Å². The number of ether oxygens (including phenoxy) is 1. The second-order valence-corrected chi connectivity index (χ2v) is 4.00. The SMILES string of the molecule is NC(=O)O[C@H]1CCN[C@H](c2ccccc2)C1. The van der Waals surface area contributed by atoms with Gasteiger partial charge >= 0.3 is 6.09 Å². The second-order valence-electron chi connectivity index (χ2n) is 4.00. The van der Waals surface area contributed by atoms with Gasteiger partial charge in [0.2, 0.25) is 0 Å². The Hall–Kier alpha value is -1.55. The third-order valence-electron chi connectivity index (χ3n) is 2.84. The fourth-order valence-corrected chi connectivity index (χ4v) is 2.09. The van der Waals surface area contributed by atoms with E-state index >= 15 is 0 Å². The topological polar surface area (TPSA) is 64.4 Å². The molecule has 1 aliphatic heterocycles. The molecule has 4 nitrogen and oxygen atoms in total. The number of hydrogen-bond acceptors (Lipinski definition) is 3. The van der Waals surface area contributed by atoms with Crippen molar-refractivity contribution < 1.29 is 9.53 Å². The molecule has 0 radical (unpaired) electrons. The van der Waals surface area contributed by atoms with Crippen molar-refractivity contribution in [1.82, 2.24) is 5.32 Å². The summed E-state index contributed by atoms with van der Waals surface area (Å²) in [5.41, 5.74) is 6.25. The van der Waals surface area contributed by atoms with Crippen molar-refractivity contribution in [3.05, 3.63) is 35.9 Å². The predicted molar refractivity (Wildman–Crippen MR) is 60.9 cm³/mol. The van der Waals surface area contributed by atoms with Crippen molar-refractivity contribution in [3.8, 4) is 0 Å². The minimum absolute atomic E-state index is 0.0658. The molecule has 1 aromatic rings. The lowest BCUT2D eigenvalue weighted by Crippen LogP contribution is -2.37. The maximum absolute atomic E-state index is 10.7. The Bertz CT molecular complexity index is 353. The summed E-state index contributed by atoms with van der Waals surface area (Å²) in [5, 5.41) is 3.41. The zero-order valence-corrected chi connectivity index (χ0v) is 9.06. The number of primary amides is 1. The molecule has 86 valence electrons. The molecule has 0 unspecified atom stereocenters. The minimum atomic E-state index is -0.682. The maximum Gasteiger partial charge on any atom is 0.404 e. The van der Waals surface area contributed by atoms with Crippen LogP contribution in [0.3, 0.4) is 0 Å². The number of hydrogen-bond donors (Lipinski definition) is 2. The van der Waals surface area contributed by atoms with Gasteiger partial charge in [-0.1, -0.05) is 30.3 Å². The Kier molecular flexibility index (Phi) is 3.41. The summed E-state index contributed by atoms with van der Waals surface area (Å²) in [6.07, 6.45) is 0.863. The number of carbonyl (C=O) groups excluding carboxylic acids is 1. The third kappa shape index (κ3) is 2.73. The van der Waals surface area contributed by atoms with E-state index in [0.29, 0.717) is 0 Å². The van der Waals surface area contributed by atoms with Crippen molar-refractivity contribution in [1.29, 1.82) is 0 Å². The summed E-state index contributed by atoms with van der Waals surface area (Å²) in [6.45, 7) is 0.845. The second kappa shape index (κ2) is 4.99. The summed E-state index contributed by atoms with van der Waals surface area (Å²) >= 11 is 0. The van der Waals surface area contributed by atoms with Crippen molar-refractivity contribution in [3.63, 3.8) is 0 Å². The van der Waals surface area contributed by atoms with Gasteiger partial charge in [-0.05, 0) is 18.5 Å². The van der Waals surface area contributed by atoms with E-state index in [0.717, 1.165) is 19.4 Å². The van der Waals surface area contributed by atoms with Crippen LogP contribution in [-0.2, 0) is 4.74 Å². The predicted octanol–water partition coefficient (Wildman–Crippen LogP) is 1.57. The molecule has 1 heterocycles. The maximum atomic E-state index is 10.7. The van der Waals surface area contributed by atoms with E-state index in [-0.39, 0.29) is 12.1 Å². The molecule has 0 aliphatic carbocycles. The van der Waals surface area contributed by atoms with E-state index < -0.39 is 6.09 Å². The largest absolute Gasteiger partial charge is 0.446 e. The highest BCUT2D eigenvalue weighted by Gasteiger charge is 2.24. The summed E-state index contributed by atoms with van der Waals surface area (Å²) in [4.78, 5) is 10.7. The molecule has 1 saturated heterocycles. The highest BCUT2D eigenvalue weighted by molar-refractivity contribution is 5.64. The zero-order chi connectivity index (χ0) is 11.4. The molecule has 1 aliphatic rings. The number of piperidine rings is 1. The molecule has 3 N–H and O–H groups in total. The summed E-state index contributed by atoms with van der Waals surface area (Å²) in [7, 11) is 0. The first kappa shape index (κ1) is 11.0. The Morgan fingerprint density at radius 3 is 2.81 bits per heavy atom. The molecular formula is C12H16N2O2. The first-order valence-corrected chi connectivity index (χ1v) is 5.50. The minimum Gasteiger partial charge on any atom is -0.446 e. The number of rotatable bonds is 2. The van der Waals surface area contributed by atoms with Gasteiger partial charge in [0.05, 0.1) is 0 Å². The number of amides is 1. The Balaban J connectivity index is 1.99. The van der Waals surface area contributed by atoms with Crippen molar-refractivity contribution in [2.75, 3.05) is 6.54 Å². The average molecular weight is 220 g/mol. The molecule has 0 spiro atoms. The van der Waals surface area contributed by atoms with Crippen LogP contribution in [0.15, 0.2) is 30.3 Å². The lowest BCUT2D eigenvalue weighted by atomic mass is 9.95. The van der Waals surface area contributed by atoms with Crippen LogP contribution in [-0.4, -0.2) is 18.7 Å². The van der Waals surface area contributed by atoms with Crippen LogP contribution in [0.1, 0.15) is 24.4 Å². The van der Waals surface area contributed by atoms with Gasteiger partial charge in [0.1, 0.15) is 6.10 Å². The standard InChI is InChI=1S/C12H16N2O2/c13-12(15)16-10-6-7-14-11(8-10)9-4-2-1-3-5-9/h1-5,10-11,14H,6-8H2,(H2,13,15)/t10-,11-/m0/s1. The summed E-state index contributed by atoms with van der Waals surface area (Å²) in [6, 6.07) is 10.4. The average Bonchev–Trinajstić information content (AvgIpc) is 2.30.